The molecule has 2 aromatic carbocycles. The smallest absolute Gasteiger partial charge is 0.306 e. The molecule has 0 radical (unpaired) electrons. The molecule has 0 spiro atoms. The van der Waals surface area contributed by atoms with E-state index in [-0.39, 0.29) is 24.3 Å². The van der Waals surface area contributed by atoms with Gasteiger partial charge in [-0.1, -0.05) is 60.7 Å². The van der Waals surface area contributed by atoms with Crippen LogP contribution in [0, 0.1) is 5.92 Å². The number of hydrogen-bond donors (Lipinski definition) is 1. The standard InChI is InChI=1S/C23H26N2O4/c1-24(16-20(26)25-14-12-19(13-15-25)23(28)29)22(27)21(17-8-4-2-5-9-17)18-10-6-3-7-11-18/h2-11,19,21H,12-16H2,1H3,(H,28,29). The molecule has 0 saturated carbocycles. The van der Waals surface area contributed by atoms with Gasteiger partial charge < -0.3 is 14.9 Å². The van der Waals surface area contributed by atoms with Gasteiger partial charge in [-0.3, -0.25) is 14.4 Å². The number of likely N-dealkylation sites (tertiary alicyclic amines) is 1. The number of rotatable bonds is 6. The number of carboxylic acid groups (broad SMARTS) is 1. The van der Waals surface area contributed by atoms with E-state index in [0.717, 1.165) is 11.1 Å². The number of piperidine rings is 1. The first-order valence-electron chi connectivity index (χ1n) is 9.83. The largest absolute Gasteiger partial charge is 0.481 e. The van der Waals surface area contributed by atoms with Gasteiger partial charge in [0.25, 0.3) is 0 Å². The summed E-state index contributed by atoms with van der Waals surface area (Å²) in [7, 11) is 1.64. The zero-order valence-electron chi connectivity index (χ0n) is 16.5. The predicted molar refractivity (Wildman–Crippen MR) is 109 cm³/mol. The van der Waals surface area contributed by atoms with Gasteiger partial charge in [-0.05, 0) is 24.0 Å². The molecule has 1 aliphatic heterocycles. The van der Waals surface area contributed by atoms with Crippen LogP contribution in [-0.2, 0) is 14.4 Å². The Labute approximate surface area is 170 Å². The van der Waals surface area contributed by atoms with Crippen LogP contribution in [0.4, 0.5) is 0 Å². The van der Waals surface area contributed by atoms with Crippen molar-refractivity contribution in [2.24, 2.45) is 5.92 Å². The molecule has 29 heavy (non-hydrogen) atoms. The average Bonchev–Trinajstić information content (AvgIpc) is 2.75. The van der Waals surface area contributed by atoms with Gasteiger partial charge in [-0.15, -0.1) is 0 Å². The minimum atomic E-state index is -0.807. The Morgan fingerprint density at radius 3 is 1.90 bits per heavy atom. The van der Waals surface area contributed by atoms with Crippen LogP contribution in [0.15, 0.2) is 60.7 Å². The van der Waals surface area contributed by atoms with Crippen LogP contribution in [0.3, 0.4) is 0 Å². The van der Waals surface area contributed by atoms with Gasteiger partial charge in [0.1, 0.15) is 0 Å². The first-order valence-corrected chi connectivity index (χ1v) is 9.83. The van der Waals surface area contributed by atoms with E-state index >= 15 is 0 Å². The van der Waals surface area contributed by atoms with Crippen LogP contribution >= 0.6 is 0 Å². The van der Waals surface area contributed by atoms with E-state index < -0.39 is 11.9 Å². The lowest BCUT2D eigenvalue weighted by Crippen LogP contribution is -2.46. The van der Waals surface area contributed by atoms with Gasteiger partial charge >= 0.3 is 5.97 Å². The van der Waals surface area contributed by atoms with Crippen molar-refractivity contribution in [3.8, 4) is 0 Å². The van der Waals surface area contributed by atoms with E-state index in [9.17, 15) is 14.4 Å². The fourth-order valence-corrected chi connectivity index (χ4v) is 3.75. The monoisotopic (exact) mass is 394 g/mol. The van der Waals surface area contributed by atoms with Gasteiger partial charge in [0.2, 0.25) is 11.8 Å². The molecule has 0 aromatic heterocycles. The highest BCUT2D eigenvalue weighted by Gasteiger charge is 2.30. The first kappa shape index (κ1) is 20.6. The number of carboxylic acids is 1. The van der Waals surface area contributed by atoms with Crippen molar-refractivity contribution in [3.05, 3.63) is 71.8 Å². The Kier molecular flexibility index (Phi) is 6.65. The SMILES string of the molecule is CN(CC(=O)N1CCC(C(=O)O)CC1)C(=O)C(c1ccccc1)c1ccccc1. The number of hydrogen-bond acceptors (Lipinski definition) is 3. The summed E-state index contributed by atoms with van der Waals surface area (Å²) in [5.41, 5.74) is 1.76. The summed E-state index contributed by atoms with van der Waals surface area (Å²) in [5.74, 6) is -1.97. The van der Waals surface area contributed by atoms with Gasteiger partial charge in [0.05, 0.1) is 18.4 Å². The number of carbonyl (C=O) groups excluding carboxylic acids is 2. The third-order valence-corrected chi connectivity index (χ3v) is 5.46. The number of likely N-dealkylation sites (N-methyl/N-ethyl adjacent to an activating group) is 1. The molecule has 1 N–H and O–H groups in total. The summed E-state index contributed by atoms with van der Waals surface area (Å²) in [5, 5.41) is 9.10. The second-order valence-corrected chi connectivity index (χ2v) is 7.44. The second kappa shape index (κ2) is 9.37. The highest BCUT2D eigenvalue weighted by atomic mass is 16.4. The molecular formula is C23H26N2O4. The fourth-order valence-electron chi connectivity index (χ4n) is 3.75. The van der Waals surface area contributed by atoms with Crippen LogP contribution in [0.2, 0.25) is 0 Å². The van der Waals surface area contributed by atoms with Crippen molar-refractivity contribution in [2.45, 2.75) is 18.8 Å². The van der Waals surface area contributed by atoms with Crippen LogP contribution < -0.4 is 0 Å². The van der Waals surface area contributed by atoms with Crippen LogP contribution in [0.1, 0.15) is 29.9 Å². The van der Waals surface area contributed by atoms with E-state index in [2.05, 4.69) is 0 Å². The van der Waals surface area contributed by atoms with Gasteiger partial charge in [0, 0.05) is 20.1 Å². The molecule has 1 heterocycles. The van der Waals surface area contributed by atoms with E-state index in [1.54, 1.807) is 11.9 Å². The Balaban J connectivity index is 1.70. The van der Waals surface area contributed by atoms with E-state index in [1.165, 1.54) is 4.90 Å². The molecular weight excluding hydrogens is 368 g/mol. The third-order valence-electron chi connectivity index (χ3n) is 5.46. The summed E-state index contributed by atoms with van der Waals surface area (Å²) in [4.78, 5) is 40.2. The Bertz CT molecular complexity index is 806. The molecule has 0 aliphatic carbocycles. The molecule has 2 aromatic rings. The molecule has 0 bridgehead atoms. The van der Waals surface area contributed by atoms with E-state index in [0.29, 0.717) is 25.9 Å². The summed E-state index contributed by atoms with van der Waals surface area (Å²) in [6.45, 7) is 0.810. The Morgan fingerprint density at radius 1 is 0.966 bits per heavy atom. The predicted octanol–water partition coefficient (Wildman–Crippen LogP) is 2.60. The number of benzene rings is 2. The number of carbonyl (C=O) groups is 3. The number of nitrogens with zero attached hydrogens (tertiary/aromatic N) is 2. The molecule has 2 amide bonds. The van der Waals surface area contributed by atoms with Crippen LogP contribution in [-0.4, -0.2) is 59.4 Å². The zero-order valence-corrected chi connectivity index (χ0v) is 16.5. The van der Waals surface area contributed by atoms with Crippen LogP contribution in [0.25, 0.3) is 0 Å². The van der Waals surface area contributed by atoms with E-state index in [4.69, 9.17) is 5.11 Å². The van der Waals surface area contributed by atoms with Gasteiger partial charge in [-0.2, -0.15) is 0 Å². The molecule has 0 atom stereocenters. The van der Waals surface area contributed by atoms with E-state index in [1.807, 2.05) is 60.7 Å². The fraction of sp³-hybridized carbons (Fsp3) is 0.348. The lowest BCUT2D eigenvalue weighted by atomic mass is 9.90. The number of amides is 2. The molecule has 0 unspecified atom stereocenters. The molecule has 1 fully saturated rings. The number of aliphatic carboxylic acids is 1. The molecule has 6 heteroatoms. The van der Waals surface area contributed by atoms with Crippen molar-refractivity contribution < 1.29 is 19.5 Å². The quantitative estimate of drug-likeness (QED) is 0.817. The minimum absolute atomic E-state index is 0.0211. The lowest BCUT2D eigenvalue weighted by Gasteiger charge is -2.32. The summed E-state index contributed by atoms with van der Waals surface area (Å²) in [6.07, 6.45) is 0.908. The second-order valence-electron chi connectivity index (χ2n) is 7.44. The lowest BCUT2D eigenvalue weighted by molar-refractivity contribution is -0.146. The highest BCUT2D eigenvalue weighted by molar-refractivity contribution is 5.90. The summed E-state index contributed by atoms with van der Waals surface area (Å²) in [6, 6.07) is 19.1. The molecule has 1 aliphatic rings. The Morgan fingerprint density at radius 2 is 1.45 bits per heavy atom. The van der Waals surface area contributed by atoms with Crippen molar-refractivity contribution in [1.82, 2.24) is 9.80 Å². The maximum Gasteiger partial charge on any atom is 0.306 e. The van der Waals surface area contributed by atoms with Crippen molar-refractivity contribution in [1.29, 1.82) is 0 Å². The van der Waals surface area contributed by atoms with Crippen molar-refractivity contribution >= 4 is 17.8 Å². The van der Waals surface area contributed by atoms with Gasteiger partial charge in [-0.25, -0.2) is 0 Å². The van der Waals surface area contributed by atoms with Crippen molar-refractivity contribution in [2.75, 3.05) is 26.7 Å². The maximum atomic E-state index is 13.3. The van der Waals surface area contributed by atoms with Crippen LogP contribution in [0.5, 0.6) is 0 Å². The van der Waals surface area contributed by atoms with Crippen molar-refractivity contribution in [3.63, 3.8) is 0 Å². The molecule has 152 valence electrons. The highest BCUT2D eigenvalue weighted by Crippen LogP contribution is 2.26. The maximum absolute atomic E-state index is 13.3. The molecule has 6 nitrogen and oxygen atoms in total. The topological polar surface area (TPSA) is 77.9 Å². The zero-order chi connectivity index (χ0) is 20.8. The third kappa shape index (κ3) is 5.02. The molecule has 3 rings (SSSR count). The summed E-state index contributed by atoms with van der Waals surface area (Å²) >= 11 is 0. The molecule has 1 saturated heterocycles. The average molecular weight is 394 g/mol. The normalized spacial score (nSPS) is 14.6. The first-order chi connectivity index (χ1) is 14.0. The summed E-state index contributed by atoms with van der Waals surface area (Å²) < 4.78 is 0. The van der Waals surface area contributed by atoms with Gasteiger partial charge in [0.15, 0.2) is 0 Å². The Hall–Kier alpha value is -3.15. The minimum Gasteiger partial charge on any atom is -0.481 e.